The van der Waals surface area contributed by atoms with Crippen LogP contribution < -0.4 is 5.32 Å². The molecule has 3 aromatic rings. The predicted molar refractivity (Wildman–Crippen MR) is 109 cm³/mol. The van der Waals surface area contributed by atoms with Gasteiger partial charge in [-0.25, -0.2) is 4.79 Å². The van der Waals surface area contributed by atoms with Gasteiger partial charge in [-0.1, -0.05) is 40.5 Å². The number of urea groups is 1. The first-order valence-corrected chi connectivity index (χ1v) is 9.78. The van der Waals surface area contributed by atoms with Gasteiger partial charge < -0.3 is 14.7 Å². The van der Waals surface area contributed by atoms with E-state index in [1.807, 2.05) is 12.1 Å². The van der Waals surface area contributed by atoms with E-state index in [1.54, 1.807) is 41.3 Å². The third kappa shape index (κ3) is 4.13. The highest BCUT2D eigenvalue weighted by Crippen LogP contribution is 2.32. The number of amides is 2. The minimum atomic E-state index is -0.263. The third-order valence-electron chi connectivity index (χ3n) is 4.67. The van der Waals surface area contributed by atoms with Gasteiger partial charge in [0.1, 0.15) is 6.04 Å². The molecule has 1 N–H and O–H groups in total. The molecule has 1 aliphatic heterocycles. The lowest BCUT2D eigenvalue weighted by atomic mass is 10.0. The average Bonchev–Trinajstić information content (AvgIpc) is 3.20. The van der Waals surface area contributed by atoms with Crippen LogP contribution in [-0.4, -0.2) is 27.6 Å². The second-order valence-electron chi connectivity index (χ2n) is 6.61. The van der Waals surface area contributed by atoms with E-state index in [0.29, 0.717) is 34.0 Å². The number of aromatic nitrogens is 2. The van der Waals surface area contributed by atoms with Crippen molar-refractivity contribution in [3.63, 3.8) is 0 Å². The Balaban J connectivity index is 1.54. The lowest BCUT2D eigenvalue weighted by Crippen LogP contribution is -2.41. The van der Waals surface area contributed by atoms with Gasteiger partial charge in [-0.05, 0) is 55.7 Å². The Morgan fingerprint density at radius 3 is 2.71 bits per heavy atom. The van der Waals surface area contributed by atoms with E-state index in [0.717, 1.165) is 24.8 Å². The van der Waals surface area contributed by atoms with E-state index in [1.165, 1.54) is 0 Å². The van der Waals surface area contributed by atoms with Gasteiger partial charge in [0.15, 0.2) is 0 Å². The van der Waals surface area contributed by atoms with Crippen molar-refractivity contribution in [2.45, 2.75) is 25.3 Å². The Labute approximate surface area is 172 Å². The fourth-order valence-corrected chi connectivity index (χ4v) is 3.59. The van der Waals surface area contributed by atoms with Gasteiger partial charge in [-0.2, -0.15) is 4.98 Å². The molecule has 0 radical (unpaired) electrons. The molecule has 1 atom stereocenters. The number of hydrogen-bond donors (Lipinski definition) is 1. The van der Waals surface area contributed by atoms with Crippen LogP contribution in [0.3, 0.4) is 0 Å². The average molecular weight is 417 g/mol. The molecule has 144 valence electrons. The summed E-state index contributed by atoms with van der Waals surface area (Å²) in [7, 11) is 0. The van der Waals surface area contributed by atoms with Crippen molar-refractivity contribution in [2.75, 3.05) is 11.9 Å². The molecule has 0 aliphatic carbocycles. The number of halogens is 2. The van der Waals surface area contributed by atoms with E-state index in [-0.39, 0.29) is 12.1 Å². The number of nitrogens with zero attached hydrogens (tertiary/aromatic N) is 3. The molecule has 1 aromatic heterocycles. The van der Waals surface area contributed by atoms with Gasteiger partial charge in [0.2, 0.25) is 11.7 Å². The van der Waals surface area contributed by atoms with Gasteiger partial charge in [0.25, 0.3) is 0 Å². The van der Waals surface area contributed by atoms with Crippen LogP contribution in [0.4, 0.5) is 10.5 Å². The van der Waals surface area contributed by atoms with Crippen LogP contribution in [-0.2, 0) is 0 Å². The molecule has 6 nitrogen and oxygen atoms in total. The minimum absolute atomic E-state index is 0.200. The Morgan fingerprint density at radius 2 is 1.93 bits per heavy atom. The standard InChI is InChI=1S/C20H18Cl2N4O2/c21-14-7-9-16(10-8-14)23-20(27)26-11-2-1-6-17(26)19-24-18(25-28-19)13-4-3-5-15(22)12-13/h3-5,7-10,12,17H,1-2,6,11H2,(H,23,27). The van der Waals surface area contributed by atoms with E-state index >= 15 is 0 Å². The second-order valence-corrected chi connectivity index (χ2v) is 7.48. The molecule has 1 unspecified atom stereocenters. The molecule has 0 spiro atoms. The third-order valence-corrected chi connectivity index (χ3v) is 5.16. The zero-order chi connectivity index (χ0) is 19.5. The number of carbonyl (C=O) groups is 1. The summed E-state index contributed by atoms with van der Waals surface area (Å²) in [6, 6.07) is 13.8. The van der Waals surface area contributed by atoms with Crippen LogP contribution in [0.5, 0.6) is 0 Å². The van der Waals surface area contributed by atoms with Gasteiger partial charge in [-0.3, -0.25) is 0 Å². The molecule has 1 saturated heterocycles. The van der Waals surface area contributed by atoms with Crippen LogP contribution in [0.25, 0.3) is 11.4 Å². The summed E-state index contributed by atoms with van der Waals surface area (Å²) in [5.41, 5.74) is 1.46. The molecular formula is C20H18Cl2N4O2. The molecule has 0 bridgehead atoms. The number of piperidine rings is 1. The number of nitrogens with one attached hydrogen (secondary N) is 1. The van der Waals surface area contributed by atoms with Crippen LogP contribution in [0.2, 0.25) is 10.0 Å². The van der Waals surface area contributed by atoms with Crippen molar-refractivity contribution >= 4 is 34.9 Å². The maximum atomic E-state index is 12.8. The van der Waals surface area contributed by atoms with E-state index in [4.69, 9.17) is 27.7 Å². The van der Waals surface area contributed by atoms with Crippen molar-refractivity contribution in [3.05, 3.63) is 64.5 Å². The molecule has 4 rings (SSSR count). The van der Waals surface area contributed by atoms with E-state index in [2.05, 4.69) is 15.5 Å². The molecule has 2 amide bonds. The summed E-state index contributed by atoms with van der Waals surface area (Å²) in [5, 5.41) is 8.20. The highest BCUT2D eigenvalue weighted by Gasteiger charge is 2.32. The van der Waals surface area contributed by atoms with Crippen LogP contribution >= 0.6 is 23.2 Å². The minimum Gasteiger partial charge on any atom is -0.337 e. The first-order chi connectivity index (χ1) is 13.6. The van der Waals surface area contributed by atoms with Crippen molar-refractivity contribution in [3.8, 4) is 11.4 Å². The summed E-state index contributed by atoms with van der Waals surface area (Å²) in [4.78, 5) is 19.1. The SMILES string of the molecule is O=C(Nc1ccc(Cl)cc1)N1CCCCC1c1nc(-c2cccc(Cl)c2)no1. The molecule has 2 aromatic carbocycles. The summed E-state index contributed by atoms with van der Waals surface area (Å²) < 4.78 is 5.50. The lowest BCUT2D eigenvalue weighted by Gasteiger charge is -2.33. The number of rotatable bonds is 3. The zero-order valence-corrected chi connectivity index (χ0v) is 16.5. The first kappa shape index (κ1) is 18.8. The fraction of sp³-hybridized carbons (Fsp3) is 0.250. The topological polar surface area (TPSA) is 71.3 Å². The number of carbonyl (C=O) groups excluding carboxylic acids is 1. The predicted octanol–water partition coefficient (Wildman–Crippen LogP) is 5.80. The Bertz CT molecular complexity index is 974. The first-order valence-electron chi connectivity index (χ1n) is 9.03. The Kier molecular flexibility index (Phi) is 5.50. The summed E-state index contributed by atoms with van der Waals surface area (Å²) in [6.45, 7) is 0.624. The van der Waals surface area contributed by atoms with Crippen molar-refractivity contribution in [1.29, 1.82) is 0 Å². The van der Waals surface area contributed by atoms with E-state index < -0.39 is 0 Å². The Morgan fingerprint density at radius 1 is 1.11 bits per heavy atom. The van der Waals surface area contributed by atoms with Crippen LogP contribution in [0.15, 0.2) is 53.1 Å². The number of hydrogen-bond acceptors (Lipinski definition) is 4. The number of likely N-dealkylation sites (tertiary alicyclic amines) is 1. The molecule has 8 heteroatoms. The van der Waals surface area contributed by atoms with Crippen LogP contribution in [0, 0.1) is 0 Å². The summed E-state index contributed by atoms with van der Waals surface area (Å²) >= 11 is 11.9. The van der Waals surface area contributed by atoms with Gasteiger partial charge in [-0.15, -0.1) is 0 Å². The highest BCUT2D eigenvalue weighted by atomic mass is 35.5. The maximum Gasteiger partial charge on any atom is 0.322 e. The summed E-state index contributed by atoms with van der Waals surface area (Å²) in [5.74, 6) is 0.891. The second kappa shape index (κ2) is 8.20. The molecule has 1 aliphatic rings. The highest BCUT2D eigenvalue weighted by molar-refractivity contribution is 6.31. The summed E-state index contributed by atoms with van der Waals surface area (Å²) in [6.07, 6.45) is 2.69. The quantitative estimate of drug-likeness (QED) is 0.585. The molecule has 1 fully saturated rings. The van der Waals surface area contributed by atoms with Gasteiger partial charge in [0.05, 0.1) is 0 Å². The maximum absolute atomic E-state index is 12.8. The fourth-order valence-electron chi connectivity index (χ4n) is 3.28. The van der Waals surface area contributed by atoms with Crippen molar-refractivity contribution in [1.82, 2.24) is 15.0 Å². The molecule has 28 heavy (non-hydrogen) atoms. The number of anilines is 1. The molecule has 0 saturated carbocycles. The number of benzene rings is 2. The monoisotopic (exact) mass is 416 g/mol. The molecular weight excluding hydrogens is 399 g/mol. The smallest absolute Gasteiger partial charge is 0.322 e. The van der Waals surface area contributed by atoms with Crippen molar-refractivity contribution in [2.24, 2.45) is 0 Å². The van der Waals surface area contributed by atoms with E-state index in [9.17, 15) is 4.79 Å². The van der Waals surface area contributed by atoms with Gasteiger partial charge in [0, 0.05) is 27.8 Å². The zero-order valence-electron chi connectivity index (χ0n) is 14.9. The van der Waals surface area contributed by atoms with Gasteiger partial charge >= 0.3 is 6.03 Å². The molecule has 2 heterocycles. The van der Waals surface area contributed by atoms with Crippen LogP contribution in [0.1, 0.15) is 31.2 Å². The van der Waals surface area contributed by atoms with Crippen molar-refractivity contribution < 1.29 is 9.32 Å². The normalized spacial score (nSPS) is 16.8. The largest absolute Gasteiger partial charge is 0.337 e. The lowest BCUT2D eigenvalue weighted by molar-refractivity contribution is 0.142. The Hall–Kier alpha value is -2.57.